The Bertz CT molecular complexity index is 778. The number of allylic oxidation sites excluding steroid dienone is 1. The lowest BCUT2D eigenvalue weighted by Crippen LogP contribution is -2.27. The predicted octanol–water partition coefficient (Wildman–Crippen LogP) is 3.44. The molecule has 4 nitrogen and oxygen atoms in total. The minimum absolute atomic E-state index is 0.124. The number of aliphatic hydroxyl groups is 1. The van der Waals surface area contributed by atoms with Crippen molar-refractivity contribution in [3.05, 3.63) is 70.4 Å². The SMILES string of the molecule is O=C1C(=O)c2ccccc2C(O)=C1Nc1ccc(Cl)cc1. The topological polar surface area (TPSA) is 66.4 Å². The fraction of sp³-hybridized carbons (Fsp3) is 0. The Balaban J connectivity index is 2.06. The third kappa shape index (κ3) is 2.30. The van der Waals surface area contributed by atoms with Gasteiger partial charge in [0.15, 0.2) is 5.76 Å². The third-order valence-corrected chi connectivity index (χ3v) is 3.46. The van der Waals surface area contributed by atoms with Crippen molar-refractivity contribution < 1.29 is 14.7 Å². The average Bonchev–Trinajstić information content (AvgIpc) is 2.51. The highest BCUT2D eigenvalue weighted by Gasteiger charge is 2.32. The van der Waals surface area contributed by atoms with Crippen molar-refractivity contribution in [3.63, 3.8) is 0 Å². The van der Waals surface area contributed by atoms with Crippen molar-refractivity contribution >= 4 is 34.6 Å². The second kappa shape index (κ2) is 5.07. The molecule has 2 aromatic rings. The molecule has 0 heterocycles. The van der Waals surface area contributed by atoms with Crippen molar-refractivity contribution in [1.82, 2.24) is 0 Å². The predicted molar refractivity (Wildman–Crippen MR) is 80.4 cm³/mol. The number of anilines is 1. The van der Waals surface area contributed by atoms with Crippen LogP contribution < -0.4 is 5.32 Å². The van der Waals surface area contributed by atoms with Crippen molar-refractivity contribution in [1.29, 1.82) is 0 Å². The number of ketones is 2. The highest BCUT2D eigenvalue weighted by molar-refractivity contribution is 6.52. The van der Waals surface area contributed by atoms with Crippen LogP contribution in [0.25, 0.3) is 5.76 Å². The smallest absolute Gasteiger partial charge is 0.253 e. The first kappa shape index (κ1) is 13.4. The Morgan fingerprint density at radius 1 is 0.857 bits per heavy atom. The van der Waals surface area contributed by atoms with E-state index in [1.807, 2.05) is 0 Å². The summed E-state index contributed by atoms with van der Waals surface area (Å²) in [5.41, 5.74) is 0.989. The van der Waals surface area contributed by atoms with Gasteiger partial charge in [0.25, 0.3) is 5.78 Å². The molecule has 0 saturated heterocycles. The van der Waals surface area contributed by atoms with Gasteiger partial charge in [-0.25, -0.2) is 0 Å². The molecule has 0 fully saturated rings. The van der Waals surface area contributed by atoms with E-state index in [4.69, 9.17) is 11.6 Å². The van der Waals surface area contributed by atoms with Crippen molar-refractivity contribution in [3.8, 4) is 0 Å². The van der Waals surface area contributed by atoms with Crippen molar-refractivity contribution in [2.24, 2.45) is 0 Å². The molecule has 104 valence electrons. The molecule has 0 atom stereocenters. The summed E-state index contributed by atoms with van der Waals surface area (Å²) in [6.45, 7) is 0. The van der Waals surface area contributed by atoms with Gasteiger partial charge in [0.2, 0.25) is 5.78 Å². The Kier molecular flexibility index (Phi) is 3.23. The molecule has 3 rings (SSSR count). The van der Waals surface area contributed by atoms with Crippen LogP contribution in [-0.4, -0.2) is 16.7 Å². The van der Waals surface area contributed by atoms with E-state index in [-0.39, 0.29) is 17.0 Å². The van der Waals surface area contributed by atoms with E-state index in [1.165, 1.54) is 6.07 Å². The lowest BCUT2D eigenvalue weighted by molar-refractivity contribution is -0.111. The largest absolute Gasteiger partial charge is 0.505 e. The fourth-order valence-corrected chi connectivity index (χ4v) is 2.29. The van der Waals surface area contributed by atoms with Crippen LogP contribution in [0.2, 0.25) is 5.02 Å². The lowest BCUT2D eigenvalue weighted by Gasteiger charge is -2.18. The summed E-state index contributed by atoms with van der Waals surface area (Å²) in [4.78, 5) is 24.2. The molecule has 2 N–H and O–H groups in total. The summed E-state index contributed by atoms with van der Waals surface area (Å²) in [5.74, 6) is -1.63. The molecule has 0 aromatic heterocycles. The molecular weight excluding hydrogens is 290 g/mol. The van der Waals surface area contributed by atoms with Crippen LogP contribution in [0.5, 0.6) is 0 Å². The van der Waals surface area contributed by atoms with Crippen molar-refractivity contribution in [2.75, 3.05) is 5.32 Å². The standard InChI is InChI=1S/C16H10ClNO3/c17-9-5-7-10(8-6-9)18-13-14(19)11-3-1-2-4-12(11)15(20)16(13)21/h1-8,18-19H. The van der Waals surface area contributed by atoms with Gasteiger partial charge in [0.05, 0.1) is 0 Å². The number of aliphatic hydroxyl groups excluding tert-OH is 1. The lowest BCUT2D eigenvalue weighted by atomic mass is 9.91. The Labute approximate surface area is 125 Å². The van der Waals surface area contributed by atoms with Gasteiger partial charge in [-0.15, -0.1) is 0 Å². The molecule has 0 spiro atoms. The number of hydrogen-bond donors (Lipinski definition) is 2. The number of carbonyl (C=O) groups excluding carboxylic acids is 2. The highest BCUT2D eigenvalue weighted by atomic mass is 35.5. The average molecular weight is 300 g/mol. The van der Waals surface area contributed by atoms with Gasteiger partial charge in [0.1, 0.15) is 5.70 Å². The minimum atomic E-state index is -0.763. The molecule has 1 aliphatic rings. The summed E-state index contributed by atoms with van der Waals surface area (Å²) in [5, 5.41) is 13.6. The van der Waals surface area contributed by atoms with Gasteiger partial charge in [-0.3, -0.25) is 9.59 Å². The first-order valence-electron chi connectivity index (χ1n) is 6.22. The maximum Gasteiger partial charge on any atom is 0.253 e. The third-order valence-electron chi connectivity index (χ3n) is 3.21. The molecule has 0 amide bonds. The Morgan fingerprint density at radius 3 is 2.14 bits per heavy atom. The number of carbonyl (C=O) groups is 2. The summed E-state index contributed by atoms with van der Waals surface area (Å²) in [7, 11) is 0. The molecule has 0 bridgehead atoms. The summed E-state index contributed by atoms with van der Waals surface area (Å²) in [6, 6.07) is 13.0. The van der Waals surface area contributed by atoms with Crippen LogP contribution in [0.15, 0.2) is 54.2 Å². The second-order valence-corrected chi connectivity index (χ2v) is 5.00. The normalized spacial score (nSPS) is 14.1. The number of Topliss-reactive ketones (excluding diaryl/α,β-unsaturated/α-hetero) is 2. The fourth-order valence-electron chi connectivity index (χ4n) is 2.16. The molecule has 21 heavy (non-hydrogen) atoms. The van der Waals surface area contributed by atoms with E-state index < -0.39 is 11.6 Å². The van der Waals surface area contributed by atoms with E-state index >= 15 is 0 Å². The van der Waals surface area contributed by atoms with E-state index in [1.54, 1.807) is 42.5 Å². The quantitative estimate of drug-likeness (QED) is 0.834. The molecular formula is C16H10ClNO3. The number of hydrogen-bond acceptors (Lipinski definition) is 4. The molecule has 0 aliphatic heterocycles. The van der Waals surface area contributed by atoms with E-state index in [0.717, 1.165) is 0 Å². The van der Waals surface area contributed by atoms with Gasteiger partial charge in [0, 0.05) is 21.8 Å². The van der Waals surface area contributed by atoms with Crippen molar-refractivity contribution in [2.45, 2.75) is 0 Å². The van der Waals surface area contributed by atoms with E-state index in [9.17, 15) is 14.7 Å². The van der Waals surface area contributed by atoms with Gasteiger partial charge in [-0.05, 0) is 24.3 Å². The van der Waals surface area contributed by atoms with Gasteiger partial charge >= 0.3 is 0 Å². The van der Waals surface area contributed by atoms with Crippen LogP contribution in [0, 0.1) is 0 Å². The number of rotatable bonds is 2. The maximum absolute atomic E-state index is 12.1. The Morgan fingerprint density at radius 2 is 1.48 bits per heavy atom. The van der Waals surface area contributed by atoms with E-state index in [0.29, 0.717) is 16.3 Å². The molecule has 0 saturated carbocycles. The highest BCUT2D eigenvalue weighted by Crippen LogP contribution is 2.28. The zero-order chi connectivity index (χ0) is 15.0. The van der Waals surface area contributed by atoms with Crippen LogP contribution >= 0.6 is 11.6 Å². The molecule has 1 aliphatic carbocycles. The monoisotopic (exact) mass is 299 g/mol. The summed E-state index contributed by atoms with van der Waals surface area (Å²) < 4.78 is 0. The zero-order valence-electron chi connectivity index (χ0n) is 10.8. The van der Waals surface area contributed by atoms with Gasteiger partial charge in [-0.2, -0.15) is 0 Å². The first-order chi connectivity index (χ1) is 10.1. The summed E-state index contributed by atoms with van der Waals surface area (Å²) in [6.07, 6.45) is 0. The number of fused-ring (bicyclic) bond motifs is 1. The number of benzene rings is 2. The Hall–Kier alpha value is -2.59. The molecule has 0 radical (unpaired) electrons. The number of halogens is 1. The summed E-state index contributed by atoms with van der Waals surface area (Å²) >= 11 is 5.79. The molecule has 0 unspecified atom stereocenters. The van der Waals surface area contributed by atoms with E-state index in [2.05, 4.69) is 5.32 Å². The zero-order valence-corrected chi connectivity index (χ0v) is 11.5. The number of nitrogens with one attached hydrogen (secondary N) is 1. The maximum atomic E-state index is 12.1. The molecule has 2 aromatic carbocycles. The second-order valence-electron chi connectivity index (χ2n) is 4.56. The van der Waals surface area contributed by atoms with Crippen LogP contribution in [-0.2, 0) is 4.79 Å². The minimum Gasteiger partial charge on any atom is -0.505 e. The first-order valence-corrected chi connectivity index (χ1v) is 6.60. The van der Waals surface area contributed by atoms with Crippen LogP contribution in [0.1, 0.15) is 15.9 Å². The van der Waals surface area contributed by atoms with Gasteiger partial charge < -0.3 is 10.4 Å². The van der Waals surface area contributed by atoms with Crippen LogP contribution in [0.3, 0.4) is 0 Å². The molecule has 5 heteroatoms. The van der Waals surface area contributed by atoms with Gasteiger partial charge in [-0.1, -0.05) is 35.9 Å². The van der Waals surface area contributed by atoms with Crippen LogP contribution in [0.4, 0.5) is 5.69 Å².